The summed E-state index contributed by atoms with van der Waals surface area (Å²) >= 11 is 0. The van der Waals surface area contributed by atoms with Crippen LogP contribution in [0.3, 0.4) is 0 Å². The fraction of sp³-hybridized carbons (Fsp3) is 1.00. The van der Waals surface area contributed by atoms with Crippen LogP contribution in [0.1, 0.15) is 45.4 Å². The molecule has 0 saturated heterocycles. The number of hydrogen-bond donors (Lipinski definition) is 1. The Labute approximate surface area is 75.2 Å². The van der Waals surface area contributed by atoms with E-state index < -0.39 is 0 Å². The molecule has 2 fully saturated rings. The molecule has 4 atom stereocenters. The lowest BCUT2D eigenvalue weighted by molar-refractivity contribution is 0.00710. The third kappa shape index (κ3) is 1.52. The van der Waals surface area contributed by atoms with Gasteiger partial charge in [-0.2, -0.15) is 0 Å². The molecule has 0 radical (unpaired) electrons. The average molecular weight is 168 g/mol. The first kappa shape index (κ1) is 8.55. The van der Waals surface area contributed by atoms with Crippen LogP contribution in [0.25, 0.3) is 0 Å². The van der Waals surface area contributed by atoms with E-state index in [4.69, 9.17) is 0 Å². The minimum Gasteiger partial charge on any atom is -0.393 e. The molecule has 70 valence electrons. The Morgan fingerprint density at radius 1 is 1.00 bits per heavy atom. The molecule has 2 rings (SSSR count). The summed E-state index contributed by atoms with van der Waals surface area (Å²) in [6.07, 6.45) is 8.03. The van der Waals surface area contributed by atoms with Gasteiger partial charge in [0.1, 0.15) is 0 Å². The molecule has 2 aliphatic carbocycles. The van der Waals surface area contributed by atoms with Crippen LogP contribution < -0.4 is 0 Å². The zero-order chi connectivity index (χ0) is 8.55. The molecule has 0 bridgehead atoms. The molecule has 0 aliphatic heterocycles. The molecule has 1 heteroatoms. The highest BCUT2D eigenvalue weighted by Gasteiger charge is 2.34. The van der Waals surface area contributed by atoms with Crippen molar-refractivity contribution in [1.29, 1.82) is 0 Å². The van der Waals surface area contributed by atoms with E-state index in [1.165, 1.54) is 32.1 Å². The number of aliphatic hydroxyl groups is 1. The van der Waals surface area contributed by atoms with Gasteiger partial charge in [-0.3, -0.25) is 0 Å². The minimum absolute atomic E-state index is 0.00403. The van der Waals surface area contributed by atoms with Gasteiger partial charge in [0.05, 0.1) is 6.10 Å². The predicted molar refractivity (Wildman–Crippen MR) is 49.9 cm³/mol. The zero-order valence-electron chi connectivity index (χ0n) is 8.00. The highest BCUT2D eigenvalue weighted by Crippen LogP contribution is 2.42. The predicted octanol–water partition coefficient (Wildman–Crippen LogP) is 2.58. The van der Waals surface area contributed by atoms with Gasteiger partial charge in [-0.25, -0.2) is 0 Å². The summed E-state index contributed by atoms with van der Waals surface area (Å²) in [7, 11) is 0. The van der Waals surface area contributed by atoms with Crippen molar-refractivity contribution < 1.29 is 5.11 Å². The SMILES string of the molecule is CC1CC2CCCCC2CC1O. The van der Waals surface area contributed by atoms with Crippen LogP contribution >= 0.6 is 0 Å². The summed E-state index contributed by atoms with van der Waals surface area (Å²) < 4.78 is 0. The van der Waals surface area contributed by atoms with Crippen molar-refractivity contribution >= 4 is 0 Å². The monoisotopic (exact) mass is 168 g/mol. The summed E-state index contributed by atoms with van der Waals surface area (Å²) in [5.74, 6) is 2.38. The highest BCUT2D eigenvalue weighted by atomic mass is 16.3. The van der Waals surface area contributed by atoms with Gasteiger partial charge in [-0.1, -0.05) is 32.6 Å². The molecular weight excluding hydrogens is 148 g/mol. The number of hydrogen-bond acceptors (Lipinski definition) is 1. The normalized spacial score (nSPS) is 48.5. The first-order valence-electron chi connectivity index (χ1n) is 5.45. The van der Waals surface area contributed by atoms with Crippen LogP contribution in [-0.4, -0.2) is 11.2 Å². The van der Waals surface area contributed by atoms with Crippen LogP contribution in [0, 0.1) is 17.8 Å². The summed E-state index contributed by atoms with van der Waals surface area (Å²) in [6.45, 7) is 2.20. The van der Waals surface area contributed by atoms with Crippen molar-refractivity contribution in [3.63, 3.8) is 0 Å². The van der Waals surface area contributed by atoms with Gasteiger partial charge in [0.15, 0.2) is 0 Å². The number of aliphatic hydroxyl groups excluding tert-OH is 1. The second-order valence-electron chi connectivity index (χ2n) is 4.82. The molecule has 2 aliphatic rings. The quantitative estimate of drug-likeness (QED) is 0.589. The van der Waals surface area contributed by atoms with E-state index >= 15 is 0 Å². The maximum absolute atomic E-state index is 9.72. The molecule has 0 amide bonds. The van der Waals surface area contributed by atoms with E-state index in [-0.39, 0.29) is 6.10 Å². The first-order chi connectivity index (χ1) is 5.77. The Balaban J connectivity index is 1.98. The third-order valence-corrected chi connectivity index (χ3v) is 3.94. The van der Waals surface area contributed by atoms with E-state index in [1.807, 2.05) is 0 Å². The minimum atomic E-state index is 0.00403. The van der Waals surface area contributed by atoms with Crippen molar-refractivity contribution in [1.82, 2.24) is 0 Å². The lowest BCUT2D eigenvalue weighted by Crippen LogP contribution is -2.35. The van der Waals surface area contributed by atoms with Gasteiger partial charge in [-0.05, 0) is 30.6 Å². The van der Waals surface area contributed by atoms with Crippen LogP contribution in [0.2, 0.25) is 0 Å². The maximum atomic E-state index is 9.72. The van der Waals surface area contributed by atoms with Gasteiger partial charge in [0.2, 0.25) is 0 Å². The van der Waals surface area contributed by atoms with Crippen LogP contribution in [0.15, 0.2) is 0 Å². The van der Waals surface area contributed by atoms with Crippen molar-refractivity contribution in [3.8, 4) is 0 Å². The first-order valence-corrected chi connectivity index (χ1v) is 5.45. The standard InChI is InChI=1S/C11H20O/c1-8-6-9-4-2-3-5-10(9)7-11(8)12/h8-12H,2-7H2,1H3. The fourth-order valence-electron chi connectivity index (χ4n) is 3.08. The summed E-state index contributed by atoms with van der Waals surface area (Å²) in [5.41, 5.74) is 0. The smallest absolute Gasteiger partial charge is 0.0568 e. The van der Waals surface area contributed by atoms with Gasteiger partial charge in [-0.15, -0.1) is 0 Å². The molecule has 1 nitrogen and oxygen atoms in total. The lowest BCUT2D eigenvalue weighted by atomic mass is 9.67. The topological polar surface area (TPSA) is 20.2 Å². The van der Waals surface area contributed by atoms with Crippen molar-refractivity contribution in [3.05, 3.63) is 0 Å². The summed E-state index contributed by atoms with van der Waals surface area (Å²) in [4.78, 5) is 0. The van der Waals surface area contributed by atoms with Gasteiger partial charge in [0, 0.05) is 0 Å². The molecule has 12 heavy (non-hydrogen) atoms. The second-order valence-corrected chi connectivity index (χ2v) is 4.82. The van der Waals surface area contributed by atoms with E-state index in [9.17, 15) is 5.11 Å². The maximum Gasteiger partial charge on any atom is 0.0568 e. The Bertz CT molecular complexity index is 137. The molecule has 4 unspecified atom stereocenters. The molecule has 0 aromatic rings. The van der Waals surface area contributed by atoms with Crippen LogP contribution in [0.5, 0.6) is 0 Å². The van der Waals surface area contributed by atoms with Gasteiger partial charge in [0.25, 0.3) is 0 Å². The van der Waals surface area contributed by atoms with E-state index in [1.54, 1.807) is 0 Å². The van der Waals surface area contributed by atoms with Crippen molar-refractivity contribution in [2.45, 2.75) is 51.6 Å². The highest BCUT2D eigenvalue weighted by molar-refractivity contribution is 4.85. The van der Waals surface area contributed by atoms with E-state index in [0.717, 1.165) is 18.3 Å². The third-order valence-electron chi connectivity index (χ3n) is 3.94. The Morgan fingerprint density at radius 3 is 2.25 bits per heavy atom. The van der Waals surface area contributed by atoms with E-state index in [2.05, 4.69) is 6.92 Å². The molecule has 0 heterocycles. The largest absolute Gasteiger partial charge is 0.393 e. The fourth-order valence-corrected chi connectivity index (χ4v) is 3.08. The second kappa shape index (κ2) is 3.37. The molecular formula is C11H20O. The summed E-state index contributed by atoms with van der Waals surface area (Å²) in [5, 5.41) is 9.72. The van der Waals surface area contributed by atoms with E-state index in [0.29, 0.717) is 5.92 Å². The Hall–Kier alpha value is -0.0400. The van der Waals surface area contributed by atoms with Crippen molar-refractivity contribution in [2.75, 3.05) is 0 Å². The zero-order valence-corrected chi connectivity index (χ0v) is 8.00. The van der Waals surface area contributed by atoms with Gasteiger partial charge >= 0.3 is 0 Å². The summed E-state index contributed by atoms with van der Waals surface area (Å²) in [6, 6.07) is 0. The molecule has 0 aromatic carbocycles. The van der Waals surface area contributed by atoms with Crippen LogP contribution in [-0.2, 0) is 0 Å². The molecule has 0 aromatic heterocycles. The van der Waals surface area contributed by atoms with Crippen molar-refractivity contribution in [2.24, 2.45) is 17.8 Å². The van der Waals surface area contributed by atoms with Crippen LogP contribution in [0.4, 0.5) is 0 Å². The number of fused-ring (bicyclic) bond motifs is 1. The molecule has 2 saturated carbocycles. The van der Waals surface area contributed by atoms with Gasteiger partial charge < -0.3 is 5.11 Å². The Morgan fingerprint density at radius 2 is 1.58 bits per heavy atom. The molecule has 1 N–H and O–H groups in total. The number of rotatable bonds is 0. The lowest BCUT2D eigenvalue weighted by Gasteiger charge is -2.40. The Kier molecular flexibility index (Phi) is 2.40. The average Bonchev–Trinajstić information content (AvgIpc) is 2.07. The molecule has 0 spiro atoms.